The summed E-state index contributed by atoms with van der Waals surface area (Å²) in [6, 6.07) is 11.3. The lowest BCUT2D eigenvalue weighted by molar-refractivity contribution is 0.253. The van der Waals surface area contributed by atoms with E-state index in [1.165, 1.54) is 24.3 Å². The summed E-state index contributed by atoms with van der Waals surface area (Å²) in [5.41, 5.74) is 1.45. The fourth-order valence-electron chi connectivity index (χ4n) is 2.73. The molecule has 0 amide bonds. The SMILES string of the molecule is CC[C@H](CO)NS(=O)(=O)c1ccc(-c2ccc(S(=O)(=O)N[C@H](CC)CO)cc2)cc1. The van der Waals surface area contributed by atoms with Crippen LogP contribution in [0.4, 0.5) is 0 Å². The summed E-state index contributed by atoms with van der Waals surface area (Å²) in [7, 11) is -7.49. The van der Waals surface area contributed by atoms with Crippen LogP contribution in [0.5, 0.6) is 0 Å². The standard InChI is InChI=1S/C20H28N2O6S2/c1-3-17(13-23)21-29(25,26)19-9-5-15(6-10-19)16-7-11-20(12-8-16)30(27,28)22-18(4-2)14-24/h5-12,17-18,21-24H,3-4,13-14H2,1-2H3/t17-,18-/m1/s1. The molecule has 0 aliphatic rings. The highest BCUT2D eigenvalue weighted by Gasteiger charge is 2.20. The fraction of sp³-hybridized carbons (Fsp3) is 0.400. The zero-order valence-corrected chi connectivity index (χ0v) is 18.6. The summed E-state index contributed by atoms with van der Waals surface area (Å²) in [6.45, 7) is 2.99. The van der Waals surface area contributed by atoms with Gasteiger partial charge in [0.1, 0.15) is 0 Å². The Bertz CT molecular complexity index is 926. The second-order valence-electron chi connectivity index (χ2n) is 6.87. The normalized spacial score (nSPS) is 14.4. The minimum atomic E-state index is -3.74. The fourth-order valence-corrected chi connectivity index (χ4v) is 5.35. The first kappa shape index (κ1) is 24.4. The van der Waals surface area contributed by atoms with E-state index in [2.05, 4.69) is 9.44 Å². The predicted molar refractivity (Wildman–Crippen MR) is 115 cm³/mol. The number of aliphatic hydroxyl groups excluding tert-OH is 2. The predicted octanol–water partition coefficient (Wildman–Crippen LogP) is 1.45. The third-order valence-corrected chi connectivity index (χ3v) is 7.81. The third kappa shape index (κ3) is 6.10. The van der Waals surface area contributed by atoms with Gasteiger partial charge in [-0.1, -0.05) is 38.1 Å². The lowest BCUT2D eigenvalue weighted by Gasteiger charge is -2.15. The van der Waals surface area contributed by atoms with Crippen LogP contribution in [0, 0.1) is 0 Å². The quantitative estimate of drug-likeness (QED) is 0.405. The molecule has 0 saturated carbocycles. The van der Waals surface area contributed by atoms with Gasteiger partial charge in [-0.2, -0.15) is 0 Å². The number of benzene rings is 2. The molecule has 0 bridgehead atoms. The molecule has 0 aliphatic heterocycles. The average molecular weight is 457 g/mol. The van der Waals surface area contributed by atoms with E-state index in [4.69, 9.17) is 0 Å². The maximum atomic E-state index is 12.4. The molecule has 0 saturated heterocycles. The van der Waals surface area contributed by atoms with Gasteiger partial charge >= 0.3 is 0 Å². The van der Waals surface area contributed by atoms with E-state index in [0.29, 0.717) is 12.8 Å². The van der Waals surface area contributed by atoms with Crippen LogP contribution in [0.15, 0.2) is 58.3 Å². The lowest BCUT2D eigenvalue weighted by atomic mass is 10.1. The van der Waals surface area contributed by atoms with Crippen molar-refractivity contribution in [3.05, 3.63) is 48.5 Å². The maximum Gasteiger partial charge on any atom is 0.240 e. The Kier molecular flexibility index (Phi) is 8.53. The van der Waals surface area contributed by atoms with Gasteiger partial charge in [-0.05, 0) is 48.2 Å². The van der Waals surface area contributed by atoms with E-state index in [1.807, 2.05) is 0 Å². The monoisotopic (exact) mass is 456 g/mol. The zero-order chi connectivity index (χ0) is 22.4. The molecular weight excluding hydrogens is 428 g/mol. The largest absolute Gasteiger partial charge is 0.395 e. The number of sulfonamides is 2. The van der Waals surface area contributed by atoms with Crippen LogP contribution < -0.4 is 9.44 Å². The minimum absolute atomic E-state index is 0.0798. The van der Waals surface area contributed by atoms with Crippen molar-refractivity contribution in [3.8, 4) is 11.1 Å². The Hall–Kier alpha value is -1.82. The third-order valence-electron chi connectivity index (χ3n) is 4.73. The molecule has 166 valence electrons. The molecular formula is C20H28N2O6S2. The molecule has 10 heteroatoms. The van der Waals surface area contributed by atoms with Gasteiger partial charge in [0.15, 0.2) is 0 Å². The number of nitrogens with one attached hydrogen (secondary N) is 2. The van der Waals surface area contributed by atoms with Gasteiger partial charge in [-0.25, -0.2) is 26.3 Å². The smallest absolute Gasteiger partial charge is 0.240 e. The molecule has 30 heavy (non-hydrogen) atoms. The molecule has 4 N–H and O–H groups in total. The lowest BCUT2D eigenvalue weighted by Crippen LogP contribution is -2.36. The van der Waals surface area contributed by atoms with Crippen molar-refractivity contribution >= 4 is 20.0 Å². The topological polar surface area (TPSA) is 133 Å². The maximum absolute atomic E-state index is 12.4. The molecule has 8 nitrogen and oxygen atoms in total. The molecule has 2 aromatic carbocycles. The highest BCUT2D eigenvalue weighted by Crippen LogP contribution is 2.23. The van der Waals surface area contributed by atoms with Crippen molar-refractivity contribution in [3.63, 3.8) is 0 Å². The van der Waals surface area contributed by atoms with Gasteiger partial charge < -0.3 is 10.2 Å². The summed E-state index contributed by atoms with van der Waals surface area (Å²) in [5, 5.41) is 18.4. The Labute approximate surface area is 178 Å². The van der Waals surface area contributed by atoms with Gasteiger partial charge in [0.2, 0.25) is 20.0 Å². The van der Waals surface area contributed by atoms with E-state index in [1.54, 1.807) is 38.1 Å². The first-order valence-electron chi connectivity index (χ1n) is 9.63. The Morgan fingerprint density at radius 2 is 0.967 bits per heavy atom. The number of aliphatic hydroxyl groups is 2. The van der Waals surface area contributed by atoms with E-state index < -0.39 is 32.1 Å². The highest BCUT2D eigenvalue weighted by atomic mass is 32.2. The van der Waals surface area contributed by atoms with Crippen molar-refractivity contribution in [2.24, 2.45) is 0 Å². The Morgan fingerprint density at radius 3 is 1.20 bits per heavy atom. The second-order valence-corrected chi connectivity index (χ2v) is 10.3. The van der Waals surface area contributed by atoms with Gasteiger partial charge in [-0.3, -0.25) is 0 Å². The molecule has 2 aromatic rings. The van der Waals surface area contributed by atoms with Gasteiger partial charge in [0, 0.05) is 12.1 Å². The van der Waals surface area contributed by atoms with Crippen molar-refractivity contribution in [2.75, 3.05) is 13.2 Å². The van der Waals surface area contributed by atoms with Crippen LogP contribution in [0.2, 0.25) is 0 Å². The van der Waals surface area contributed by atoms with Crippen LogP contribution in [-0.4, -0.2) is 52.3 Å². The molecule has 2 atom stereocenters. The number of hydrogen-bond donors (Lipinski definition) is 4. The van der Waals surface area contributed by atoms with Gasteiger partial charge in [-0.15, -0.1) is 0 Å². The van der Waals surface area contributed by atoms with E-state index >= 15 is 0 Å². The van der Waals surface area contributed by atoms with Crippen molar-refractivity contribution in [1.29, 1.82) is 0 Å². The summed E-state index contributed by atoms with van der Waals surface area (Å²) in [4.78, 5) is 0.160. The molecule has 0 radical (unpaired) electrons. The van der Waals surface area contributed by atoms with Crippen LogP contribution in [0.1, 0.15) is 26.7 Å². The Balaban J connectivity index is 2.20. The second kappa shape index (κ2) is 10.5. The van der Waals surface area contributed by atoms with Crippen LogP contribution in [0.25, 0.3) is 11.1 Å². The zero-order valence-electron chi connectivity index (χ0n) is 16.9. The highest BCUT2D eigenvalue weighted by molar-refractivity contribution is 7.89. The summed E-state index contributed by atoms with van der Waals surface area (Å²) >= 11 is 0. The molecule has 0 aliphatic carbocycles. The molecule has 0 fully saturated rings. The van der Waals surface area contributed by atoms with Gasteiger partial charge in [0.25, 0.3) is 0 Å². The first-order valence-corrected chi connectivity index (χ1v) is 12.6. The van der Waals surface area contributed by atoms with Gasteiger partial charge in [0.05, 0.1) is 23.0 Å². The number of hydrogen-bond acceptors (Lipinski definition) is 6. The first-order chi connectivity index (χ1) is 14.2. The molecule has 2 rings (SSSR count). The van der Waals surface area contributed by atoms with Crippen LogP contribution in [0.3, 0.4) is 0 Å². The summed E-state index contributed by atoms with van der Waals surface area (Å²) < 4.78 is 54.4. The van der Waals surface area contributed by atoms with E-state index in [9.17, 15) is 27.0 Å². The number of rotatable bonds is 11. The molecule has 0 aromatic heterocycles. The van der Waals surface area contributed by atoms with Crippen LogP contribution >= 0.6 is 0 Å². The van der Waals surface area contributed by atoms with Crippen molar-refractivity contribution < 1.29 is 27.0 Å². The average Bonchev–Trinajstić information content (AvgIpc) is 2.76. The Morgan fingerprint density at radius 1 is 0.667 bits per heavy atom. The van der Waals surface area contributed by atoms with E-state index in [-0.39, 0.29) is 23.0 Å². The molecule has 0 spiro atoms. The molecule has 0 unspecified atom stereocenters. The molecule has 0 heterocycles. The van der Waals surface area contributed by atoms with Crippen molar-refractivity contribution in [2.45, 2.75) is 48.6 Å². The summed E-state index contributed by atoms with van der Waals surface area (Å²) in [6.07, 6.45) is 0.935. The summed E-state index contributed by atoms with van der Waals surface area (Å²) in [5.74, 6) is 0. The van der Waals surface area contributed by atoms with Crippen LogP contribution in [-0.2, 0) is 20.0 Å². The van der Waals surface area contributed by atoms with E-state index in [0.717, 1.165) is 11.1 Å². The van der Waals surface area contributed by atoms with Crippen molar-refractivity contribution in [1.82, 2.24) is 9.44 Å². The minimum Gasteiger partial charge on any atom is -0.395 e.